The fourth-order valence-corrected chi connectivity index (χ4v) is 2.24. The van der Waals surface area contributed by atoms with Gasteiger partial charge in [-0.05, 0) is 12.1 Å². The molecule has 0 heterocycles. The standard InChI is InChI=1S/C14H10O4/c15-9-5-1-3-7-11(9)14(18)8-4-2-6-10(16)12(8)13(7)17/h1-6,15-18H. The zero-order valence-electron chi connectivity index (χ0n) is 9.25. The summed E-state index contributed by atoms with van der Waals surface area (Å²) in [6, 6.07) is 9.10. The Hall–Kier alpha value is -2.62. The smallest absolute Gasteiger partial charge is 0.135 e. The van der Waals surface area contributed by atoms with Gasteiger partial charge in [0.05, 0.1) is 10.8 Å². The van der Waals surface area contributed by atoms with Crippen LogP contribution in [0, 0.1) is 0 Å². The minimum atomic E-state index is -0.160. The van der Waals surface area contributed by atoms with Gasteiger partial charge in [0.15, 0.2) is 0 Å². The minimum absolute atomic E-state index is 0.120. The van der Waals surface area contributed by atoms with Gasteiger partial charge in [-0.3, -0.25) is 0 Å². The second-order valence-corrected chi connectivity index (χ2v) is 4.10. The summed E-state index contributed by atoms with van der Waals surface area (Å²) in [4.78, 5) is 0. The molecule has 18 heavy (non-hydrogen) atoms. The molecular formula is C14H10O4. The molecule has 3 aromatic carbocycles. The molecule has 0 aromatic heterocycles. The lowest BCUT2D eigenvalue weighted by molar-refractivity contribution is 0.457. The van der Waals surface area contributed by atoms with Crippen LogP contribution in [0.1, 0.15) is 0 Å². The number of phenolic OH excluding ortho intramolecular Hbond substituents is 4. The quantitative estimate of drug-likeness (QED) is 0.361. The van der Waals surface area contributed by atoms with Crippen molar-refractivity contribution < 1.29 is 20.4 Å². The van der Waals surface area contributed by atoms with E-state index in [1.54, 1.807) is 24.3 Å². The van der Waals surface area contributed by atoms with Crippen molar-refractivity contribution in [2.24, 2.45) is 0 Å². The largest absolute Gasteiger partial charge is 0.507 e. The first-order valence-corrected chi connectivity index (χ1v) is 5.38. The molecular weight excluding hydrogens is 232 g/mol. The van der Waals surface area contributed by atoms with Crippen molar-refractivity contribution in [3.8, 4) is 23.0 Å². The lowest BCUT2D eigenvalue weighted by Gasteiger charge is -2.11. The topological polar surface area (TPSA) is 80.9 Å². The highest BCUT2D eigenvalue weighted by Crippen LogP contribution is 2.47. The third-order valence-electron chi connectivity index (χ3n) is 3.07. The normalized spacial score (nSPS) is 11.1. The first-order valence-electron chi connectivity index (χ1n) is 5.38. The van der Waals surface area contributed by atoms with Crippen LogP contribution in [-0.4, -0.2) is 20.4 Å². The fraction of sp³-hybridized carbons (Fsp3) is 0. The van der Waals surface area contributed by atoms with Crippen LogP contribution in [0.2, 0.25) is 0 Å². The Bertz CT molecular complexity index is 710. The lowest BCUT2D eigenvalue weighted by atomic mass is 9.99. The van der Waals surface area contributed by atoms with Gasteiger partial charge >= 0.3 is 0 Å². The number of phenols is 4. The summed E-state index contributed by atoms with van der Waals surface area (Å²) in [6.45, 7) is 0. The summed E-state index contributed by atoms with van der Waals surface area (Å²) in [7, 11) is 0. The highest BCUT2D eigenvalue weighted by molar-refractivity contribution is 6.14. The van der Waals surface area contributed by atoms with Crippen LogP contribution in [0.4, 0.5) is 0 Å². The first kappa shape index (κ1) is 10.5. The number of rotatable bonds is 0. The molecule has 90 valence electrons. The highest BCUT2D eigenvalue weighted by Gasteiger charge is 2.17. The van der Waals surface area contributed by atoms with Gasteiger partial charge in [-0.1, -0.05) is 24.3 Å². The molecule has 0 saturated carbocycles. The highest BCUT2D eigenvalue weighted by atomic mass is 16.3. The van der Waals surface area contributed by atoms with Crippen molar-refractivity contribution >= 4 is 21.5 Å². The molecule has 0 saturated heterocycles. The maximum atomic E-state index is 10.2. The zero-order valence-corrected chi connectivity index (χ0v) is 9.25. The van der Waals surface area contributed by atoms with Crippen molar-refractivity contribution in [3.05, 3.63) is 36.4 Å². The molecule has 0 aliphatic carbocycles. The summed E-state index contributed by atoms with van der Waals surface area (Å²) >= 11 is 0. The van der Waals surface area contributed by atoms with Crippen LogP contribution >= 0.6 is 0 Å². The van der Waals surface area contributed by atoms with Gasteiger partial charge in [0, 0.05) is 10.8 Å². The summed E-state index contributed by atoms with van der Waals surface area (Å²) in [5.74, 6) is -0.560. The molecule has 0 atom stereocenters. The van der Waals surface area contributed by atoms with Crippen molar-refractivity contribution in [3.63, 3.8) is 0 Å². The van der Waals surface area contributed by atoms with E-state index in [1.165, 1.54) is 12.1 Å². The van der Waals surface area contributed by atoms with E-state index in [9.17, 15) is 20.4 Å². The Morgan fingerprint density at radius 2 is 0.944 bits per heavy atom. The second kappa shape index (κ2) is 3.43. The van der Waals surface area contributed by atoms with Crippen LogP contribution in [-0.2, 0) is 0 Å². The van der Waals surface area contributed by atoms with E-state index in [2.05, 4.69) is 0 Å². The third kappa shape index (κ3) is 1.20. The third-order valence-corrected chi connectivity index (χ3v) is 3.07. The second-order valence-electron chi connectivity index (χ2n) is 4.10. The van der Waals surface area contributed by atoms with Gasteiger partial charge < -0.3 is 20.4 Å². The molecule has 0 bridgehead atoms. The summed E-state index contributed by atoms with van der Waals surface area (Å²) in [6.07, 6.45) is 0. The Labute approximate surface area is 102 Å². The van der Waals surface area contributed by atoms with E-state index in [-0.39, 0.29) is 33.8 Å². The number of aromatic hydroxyl groups is 4. The van der Waals surface area contributed by atoms with Crippen LogP contribution in [0.5, 0.6) is 23.0 Å². The average molecular weight is 242 g/mol. The number of hydrogen-bond acceptors (Lipinski definition) is 4. The molecule has 4 nitrogen and oxygen atoms in total. The average Bonchev–Trinajstić information content (AvgIpc) is 2.35. The van der Waals surface area contributed by atoms with E-state index >= 15 is 0 Å². The summed E-state index contributed by atoms with van der Waals surface area (Å²) in [5, 5.41) is 40.8. The van der Waals surface area contributed by atoms with Gasteiger partial charge in [0.25, 0.3) is 0 Å². The van der Waals surface area contributed by atoms with Gasteiger partial charge in [-0.25, -0.2) is 0 Å². The van der Waals surface area contributed by atoms with E-state index in [1.807, 2.05) is 0 Å². The predicted molar refractivity (Wildman–Crippen MR) is 68.1 cm³/mol. The Kier molecular flexibility index (Phi) is 2.01. The zero-order chi connectivity index (χ0) is 12.9. The predicted octanol–water partition coefficient (Wildman–Crippen LogP) is 2.82. The van der Waals surface area contributed by atoms with Crippen molar-refractivity contribution in [1.29, 1.82) is 0 Å². The van der Waals surface area contributed by atoms with Crippen molar-refractivity contribution in [2.75, 3.05) is 0 Å². The minimum Gasteiger partial charge on any atom is -0.507 e. The molecule has 4 heteroatoms. The van der Waals surface area contributed by atoms with Crippen molar-refractivity contribution in [2.45, 2.75) is 0 Å². The SMILES string of the molecule is Oc1cccc2c(O)c3c(O)cccc3c(O)c12. The lowest BCUT2D eigenvalue weighted by Crippen LogP contribution is -1.82. The molecule has 3 aromatic rings. The number of fused-ring (bicyclic) bond motifs is 2. The molecule has 0 aliphatic heterocycles. The molecule has 3 rings (SSSR count). The summed E-state index contributed by atoms with van der Waals surface area (Å²) in [5.41, 5.74) is 0. The molecule has 0 spiro atoms. The molecule has 4 N–H and O–H groups in total. The molecule has 0 aliphatic rings. The Balaban J connectivity index is 2.70. The fourth-order valence-electron chi connectivity index (χ4n) is 2.24. The maximum absolute atomic E-state index is 10.2. The van der Waals surface area contributed by atoms with Crippen LogP contribution in [0.25, 0.3) is 21.5 Å². The molecule has 0 amide bonds. The van der Waals surface area contributed by atoms with Crippen LogP contribution in [0.3, 0.4) is 0 Å². The number of benzene rings is 3. The summed E-state index contributed by atoms with van der Waals surface area (Å²) < 4.78 is 0. The van der Waals surface area contributed by atoms with E-state index in [0.717, 1.165) is 0 Å². The van der Waals surface area contributed by atoms with Crippen LogP contribution in [0.15, 0.2) is 36.4 Å². The Morgan fingerprint density at radius 1 is 0.556 bits per heavy atom. The maximum Gasteiger partial charge on any atom is 0.135 e. The number of hydrogen-bond donors (Lipinski definition) is 4. The van der Waals surface area contributed by atoms with E-state index in [4.69, 9.17) is 0 Å². The van der Waals surface area contributed by atoms with Gasteiger partial charge in [-0.15, -0.1) is 0 Å². The Morgan fingerprint density at radius 3 is 1.33 bits per heavy atom. The van der Waals surface area contributed by atoms with Crippen molar-refractivity contribution in [1.82, 2.24) is 0 Å². The molecule has 0 fully saturated rings. The molecule has 0 radical (unpaired) electrons. The van der Waals surface area contributed by atoms with Gasteiger partial charge in [0.1, 0.15) is 23.0 Å². The van der Waals surface area contributed by atoms with Gasteiger partial charge in [-0.2, -0.15) is 0 Å². The van der Waals surface area contributed by atoms with E-state index < -0.39 is 0 Å². The first-order chi connectivity index (χ1) is 8.61. The molecule has 0 unspecified atom stereocenters. The monoisotopic (exact) mass is 242 g/mol. The van der Waals surface area contributed by atoms with Crippen LogP contribution < -0.4 is 0 Å². The van der Waals surface area contributed by atoms with E-state index in [0.29, 0.717) is 10.8 Å². The van der Waals surface area contributed by atoms with Gasteiger partial charge in [0.2, 0.25) is 0 Å².